The van der Waals surface area contributed by atoms with Crippen molar-refractivity contribution in [2.75, 3.05) is 36.7 Å². The van der Waals surface area contributed by atoms with Crippen LogP contribution in [0.15, 0.2) is 17.0 Å². The molecule has 8 nitrogen and oxygen atoms in total. The van der Waals surface area contributed by atoms with Gasteiger partial charge in [-0.25, -0.2) is 13.1 Å². The Morgan fingerprint density at radius 2 is 1.92 bits per heavy atom. The molecule has 0 spiro atoms. The molecule has 36 heavy (non-hydrogen) atoms. The van der Waals surface area contributed by atoms with E-state index in [9.17, 15) is 18.5 Å². The van der Waals surface area contributed by atoms with Crippen LogP contribution in [-0.4, -0.2) is 57.7 Å². The lowest BCUT2D eigenvalue weighted by Gasteiger charge is -2.36. The van der Waals surface area contributed by atoms with Gasteiger partial charge in [0.1, 0.15) is 11.7 Å². The number of methoxy groups -OCH3 is 1. The lowest BCUT2D eigenvalue weighted by atomic mass is 9.84. The van der Waals surface area contributed by atoms with Crippen molar-refractivity contribution >= 4 is 39.1 Å². The van der Waals surface area contributed by atoms with Crippen LogP contribution in [0.1, 0.15) is 76.2 Å². The quantitative estimate of drug-likeness (QED) is 0.505. The van der Waals surface area contributed by atoms with Crippen molar-refractivity contribution in [3.05, 3.63) is 17.7 Å². The van der Waals surface area contributed by atoms with Gasteiger partial charge in [-0.15, -0.1) is 0 Å². The molecule has 0 saturated heterocycles. The van der Waals surface area contributed by atoms with Crippen molar-refractivity contribution in [3.8, 4) is 6.07 Å². The molecule has 2 saturated carbocycles. The van der Waals surface area contributed by atoms with Crippen LogP contribution in [-0.2, 0) is 19.6 Å². The van der Waals surface area contributed by atoms with Crippen molar-refractivity contribution in [1.82, 2.24) is 4.72 Å². The first kappa shape index (κ1) is 27.1. The van der Waals surface area contributed by atoms with Gasteiger partial charge in [0, 0.05) is 32.0 Å². The normalized spacial score (nSPS) is 22.2. The molecule has 1 aliphatic heterocycles. The first-order valence-corrected chi connectivity index (χ1v) is 15.6. The number of anilines is 2. The zero-order valence-electron chi connectivity index (χ0n) is 21.3. The first-order valence-electron chi connectivity index (χ1n) is 13.1. The Morgan fingerprint density at radius 3 is 2.58 bits per heavy atom. The minimum absolute atomic E-state index is 0.0897. The molecular formula is C26H38N4O4S2. The van der Waals surface area contributed by atoms with E-state index >= 15 is 0 Å². The summed E-state index contributed by atoms with van der Waals surface area (Å²) in [4.78, 5) is 14.9. The van der Waals surface area contributed by atoms with Crippen molar-refractivity contribution in [2.24, 2.45) is 0 Å². The third kappa shape index (κ3) is 5.95. The van der Waals surface area contributed by atoms with E-state index in [1.807, 2.05) is 11.9 Å². The summed E-state index contributed by atoms with van der Waals surface area (Å²) in [6, 6.07) is 5.24. The maximum atomic E-state index is 13.2. The Bertz CT molecular complexity index is 1090. The van der Waals surface area contributed by atoms with Crippen LogP contribution in [0.3, 0.4) is 0 Å². The first-order chi connectivity index (χ1) is 17.3. The molecule has 10 heteroatoms. The van der Waals surface area contributed by atoms with E-state index in [0.29, 0.717) is 30.8 Å². The molecular weight excluding hydrogens is 496 g/mol. The summed E-state index contributed by atoms with van der Waals surface area (Å²) in [6.45, 7) is 0.714. The van der Waals surface area contributed by atoms with Gasteiger partial charge in [0.25, 0.3) is 15.9 Å². The van der Waals surface area contributed by atoms with E-state index in [1.54, 1.807) is 6.07 Å². The number of nitriles is 1. The molecule has 0 bridgehead atoms. The summed E-state index contributed by atoms with van der Waals surface area (Å²) in [6.07, 6.45) is 11.2. The number of carbonyl (C=O) groups is 1. The summed E-state index contributed by atoms with van der Waals surface area (Å²) < 4.78 is 34.2. The monoisotopic (exact) mass is 534 g/mol. The molecule has 1 atom stereocenters. The smallest absolute Gasteiger partial charge is 0.265 e. The number of thioether (sulfide) groups is 1. The molecule has 0 aromatic heterocycles. The predicted octanol–water partition coefficient (Wildman–Crippen LogP) is 4.40. The number of ether oxygens (including phenoxy) is 1. The number of nitrogens with zero attached hydrogens (tertiary/aromatic N) is 2. The number of nitrogens with one attached hydrogen (secondary N) is 2. The third-order valence-electron chi connectivity index (χ3n) is 7.84. The van der Waals surface area contributed by atoms with E-state index < -0.39 is 21.5 Å². The second kappa shape index (κ2) is 11.6. The molecule has 1 aromatic carbocycles. The van der Waals surface area contributed by atoms with Crippen molar-refractivity contribution in [3.63, 3.8) is 0 Å². The number of hydrogen-bond acceptors (Lipinski definition) is 8. The van der Waals surface area contributed by atoms with Gasteiger partial charge in [-0.1, -0.05) is 38.5 Å². The van der Waals surface area contributed by atoms with Gasteiger partial charge in [-0.05, 0) is 50.0 Å². The fraction of sp³-hybridized carbons (Fsp3) is 0.692. The van der Waals surface area contributed by atoms with Crippen LogP contribution < -0.4 is 14.9 Å². The Labute approximate surface area is 219 Å². The van der Waals surface area contributed by atoms with Gasteiger partial charge in [-0.2, -0.15) is 17.0 Å². The molecule has 1 amide bonds. The van der Waals surface area contributed by atoms with E-state index in [1.165, 1.54) is 45.3 Å². The van der Waals surface area contributed by atoms with Gasteiger partial charge in [0.05, 0.1) is 21.8 Å². The summed E-state index contributed by atoms with van der Waals surface area (Å²) in [5.41, 5.74) is 0.441. The SMILES string of the molecule is COC1(C(=O)NS(=O)(=O)c2cc(C#N)c3c(c2)N(C)C[C@@H](CCSC2CCCCC2)N3)CCCCC1. The number of benzene rings is 1. The number of amides is 1. The maximum absolute atomic E-state index is 13.2. The van der Waals surface area contributed by atoms with E-state index in [0.717, 1.165) is 36.7 Å². The number of sulfonamides is 1. The Balaban J connectivity index is 1.48. The largest absolute Gasteiger partial charge is 0.378 e. The molecule has 1 aromatic rings. The highest BCUT2D eigenvalue weighted by Crippen LogP contribution is 2.37. The fourth-order valence-electron chi connectivity index (χ4n) is 5.67. The summed E-state index contributed by atoms with van der Waals surface area (Å²) in [5.74, 6) is 0.426. The maximum Gasteiger partial charge on any atom is 0.265 e. The minimum atomic E-state index is -4.18. The van der Waals surface area contributed by atoms with Gasteiger partial charge in [0.2, 0.25) is 0 Å². The third-order valence-corrected chi connectivity index (χ3v) is 10.6. The molecule has 4 rings (SSSR count). The molecule has 2 aliphatic carbocycles. The number of hydrogen-bond donors (Lipinski definition) is 2. The van der Waals surface area contributed by atoms with Gasteiger partial charge < -0.3 is 15.0 Å². The number of fused-ring (bicyclic) bond motifs is 1. The number of likely N-dealkylation sites (N-methyl/N-ethyl adjacent to an activating group) is 1. The van der Waals surface area contributed by atoms with Crippen LogP contribution in [0, 0.1) is 11.3 Å². The highest BCUT2D eigenvalue weighted by molar-refractivity contribution is 7.99. The standard InChI is InChI=1S/C26H38N4O4S2/c1-30-18-20(11-14-35-21-9-5-3-6-10-21)28-24-19(17-27)15-22(16-23(24)30)36(32,33)29-25(31)26(34-2)12-7-4-8-13-26/h15-16,20-21,28H,3-14,18H2,1-2H3,(H,29,31)/t20-/m1/s1. The second-order valence-electron chi connectivity index (χ2n) is 10.3. The van der Waals surface area contributed by atoms with Gasteiger partial charge in [0.15, 0.2) is 0 Å². The van der Waals surface area contributed by atoms with Crippen molar-refractivity contribution < 1.29 is 17.9 Å². The highest BCUT2D eigenvalue weighted by atomic mass is 32.2. The average Bonchev–Trinajstić information content (AvgIpc) is 2.89. The van der Waals surface area contributed by atoms with E-state index in [-0.39, 0.29) is 16.5 Å². The second-order valence-corrected chi connectivity index (χ2v) is 13.4. The fourth-order valence-corrected chi connectivity index (χ4v) is 8.18. The molecule has 3 aliphatic rings. The van der Waals surface area contributed by atoms with Crippen LogP contribution in [0.25, 0.3) is 0 Å². The molecule has 0 unspecified atom stereocenters. The van der Waals surface area contributed by atoms with Crippen LogP contribution in [0.2, 0.25) is 0 Å². The summed E-state index contributed by atoms with van der Waals surface area (Å²) >= 11 is 2.05. The minimum Gasteiger partial charge on any atom is -0.378 e. The lowest BCUT2D eigenvalue weighted by molar-refractivity contribution is -0.145. The van der Waals surface area contributed by atoms with Crippen LogP contribution in [0.4, 0.5) is 11.4 Å². The Hall–Kier alpha value is -1.96. The van der Waals surface area contributed by atoms with E-state index in [4.69, 9.17) is 4.74 Å². The molecule has 2 fully saturated rings. The topological polar surface area (TPSA) is 112 Å². The Kier molecular flexibility index (Phi) is 8.74. The molecule has 0 radical (unpaired) electrons. The van der Waals surface area contributed by atoms with Crippen molar-refractivity contribution in [2.45, 2.75) is 92.4 Å². The Morgan fingerprint density at radius 1 is 1.22 bits per heavy atom. The molecule has 198 valence electrons. The van der Waals surface area contributed by atoms with Crippen LogP contribution in [0.5, 0.6) is 0 Å². The zero-order chi connectivity index (χ0) is 25.8. The number of rotatable bonds is 8. The summed E-state index contributed by atoms with van der Waals surface area (Å²) in [5, 5.41) is 14.1. The lowest BCUT2D eigenvalue weighted by Crippen LogP contribution is -2.51. The van der Waals surface area contributed by atoms with Crippen molar-refractivity contribution in [1.29, 1.82) is 5.26 Å². The number of carbonyl (C=O) groups excluding carboxylic acids is 1. The van der Waals surface area contributed by atoms with Gasteiger partial charge >= 0.3 is 0 Å². The van der Waals surface area contributed by atoms with Gasteiger partial charge in [-0.3, -0.25) is 4.79 Å². The highest BCUT2D eigenvalue weighted by Gasteiger charge is 2.42. The predicted molar refractivity (Wildman–Crippen MR) is 144 cm³/mol. The summed E-state index contributed by atoms with van der Waals surface area (Å²) in [7, 11) is -0.806. The molecule has 2 N–H and O–H groups in total. The molecule has 1 heterocycles. The average molecular weight is 535 g/mol. The zero-order valence-corrected chi connectivity index (χ0v) is 23.0. The van der Waals surface area contributed by atoms with Crippen LogP contribution >= 0.6 is 11.8 Å². The van der Waals surface area contributed by atoms with E-state index in [2.05, 4.69) is 27.9 Å².